The number of fused-ring (bicyclic) bond motifs is 1. The highest BCUT2D eigenvalue weighted by Gasteiger charge is 2.38. The van der Waals surface area contributed by atoms with E-state index in [1.165, 1.54) is 0 Å². The van der Waals surface area contributed by atoms with Gasteiger partial charge in [-0.25, -0.2) is 0 Å². The molecule has 0 aliphatic carbocycles. The molecule has 2 aliphatic rings. The molecule has 7 heteroatoms. The Morgan fingerprint density at radius 2 is 2.15 bits per heavy atom. The number of carbonyl (C=O) groups is 3. The lowest BCUT2D eigenvalue weighted by Crippen LogP contribution is -2.52. The first kappa shape index (κ1) is 18.5. The first-order valence-corrected chi connectivity index (χ1v) is 9.19. The van der Waals surface area contributed by atoms with Crippen LogP contribution in [0.15, 0.2) is 18.2 Å². The van der Waals surface area contributed by atoms with Crippen molar-refractivity contribution < 1.29 is 14.4 Å². The third kappa shape index (κ3) is 3.94. The van der Waals surface area contributed by atoms with E-state index in [2.05, 4.69) is 17.6 Å². The lowest BCUT2D eigenvalue weighted by atomic mass is 10.0. The second-order valence-electron chi connectivity index (χ2n) is 7.10. The summed E-state index contributed by atoms with van der Waals surface area (Å²) in [4.78, 5) is 37.6. The first-order valence-electron chi connectivity index (χ1n) is 9.19. The Morgan fingerprint density at radius 3 is 2.88 bits per heavy atom. The SMILES string of the molecule is CC(CCCN)NCc1ccc2c(c1)CN(C1CCC(=O)NC1=O)C2=O. The van der Waals surface area contributed by atoms with Crippen LogP contribution in [-0.4, -0.2) is 41.2 Å². The van der Waals surface area contributed by atoms with Crippen LogP contribution in [-0.2, 0) is 22.7 Å². The maximum Gasteiger partial charge on any atom is 0.255 e. The monoisotopic (exact) mass is 358 g/mol. The van der Waals surface area contributed by atoms with Gasteiger partial charge >= 0.3 is 0 Å². The van der Waals surface area contributed by atoms with Crippen LogP contribution < -0.4 is 16.4 Å². The molecule has 1 saturated heterocycles. The Hall–Kier alpha value is -2.25. The van der Waals surface area contributed by atoms with Crippen LogP contribution in [0.5, 0.6) is 0 Å². The van der Waals surface area contributed by atoms with E-state index in [4.69, 9.17) is 5.73 Å². The van der Waals surface area contributed by atoms with Gasteiger partial charge in [-0.2, -0.15) is 0 Å². The molecular weight excluding hydrogens is 332 g/mol. The van der Waals surface area contributed by atoms with Gasteiger partial charge in [-0.1, -0.05) is 12.1 Å². The van der Waals surface area contributed by atoms with Gasteiger partial charge in [-0.3, -0.25) is 19.7 Å². The molecule has 140 valence electrons. The summed E-state index contributed by atoms with van der Waals surface area (Å²) in [6.07, 6.45) is 2.68. The summed E-state index contributed by atoms with van der Waals surface area (Å²) < 4.78 is 0. The first-order chi connectivity index (χ1) is 12.5. The zero-order valence-corrected chi connectivity index (χ0v) is 15.1. The number of nitrogens with one attached hydrogen (secondary N) is 2. The molecule has 2 heterocycles. The van der Waals surface area contributed by atoms with E-state index >= 15 is 0 Å². The van der Waals surface area contributed by atoms with Crippen molar-refractivity contribution in [2.45, 2.75) is 57.8 Å². The average molecular weight is 358 g/mol. The van der Waals surface area contributed by atoms with Crippen molar-refractivity contribution in [3.8, 4) is 0 Å². The molecule has 1 aromatic carbocycles. The minimum atomic E-state index is -0.564. The molecule has 1 fully saturated rings. The number of benzene rings is 1. The van der Waals surface area contributed by atoms with Crippen molar-refractivity contribution in [3.63, 3.8) is 0 Å². The van der Waals surface area contributed by atoms with Crippen LogP contribution >= 0.6 is 0 Å². The van der Waals surface area contributed by atoms with Gasteiger partial charge in [-0.05, 0) is 49.9 Å². The quantitative estimate of drug-likeness (QED) is 0.621. The van der Waals surface area contributed by atoms with Crippen LogP contribution in [0.1, 0.15) is 54.1 Å². The van der Waals surface area contributed by atoms with Crippen LogP contribution in [0, 0.1) is 0 Å². The number of piperidine rings is 1. The largest absolute Gasteiger partial charge is 0.330 e. The third-order valence-electron chi connectivity index (χ3n) is 5.08. The van der Waals surface area contributed by atoms with E-state index in [1.807, 2.05) is 18.2 Å². The summed E-state index contributed by atoms with van der Waals surface area (Å²) in [6, 6.07) is 5.64. The van der Waals surface area contributed by atoms with Crippen molar-refractivity contribution in [3.05, 3.63) is 34.9 Å². The van der Waals surface area contributed by atoms with Gasteiger partial charge in [0.25, 0.3) is 5.91 Å². The lowest BCUT2D eigenvalue weighted by molar-refractivity contribution is -0.136. The lowest BCUT2D eigenvalue weighted by Gasteiger charge is -2.29. The number of hydrogen-bond acceptors (Lipinski definition) is 5. The van der Waals surface area contributed by atoms with Crippen molar-refractivity contribution in [1.82, 2.24) is 15.5 Å². The highest BCUT2D eigenvalue weighted by Crippen LogP contribution is 2.28. The van der Waals surface area contributed by atoms with E-state index in [9.17, 15) is 14.4 Å². The predicted molar refractivity (Wildman–Crippen MR) is 97.1 cm³/mol. The molecule has 2 aliphatic heterocycles. The molecule has 26 heavy (non-hydrogen) atoms. The van der Waals surface area contributed by atoms with Gasteiger partial charge in [-0.15, -0.1) is 0 Å². The van der Waals surface area contributed by atoms with E-state index in [1.54, 1.807) is 4.90 Å². The topological polar surface area (TPSA) is 105 Å². The fourth-order valence-electron chi connectivity index (χ4n) is 3.56. The van der Waals surface area contributed by atoms with Gasteiger partial charge in [0.1, 0.15) is 6.04 Å². The maximum atomic E-state index is 12.7. The Bertz CT molecular complexity index is 719. The molecule has 2 atom stereocenters. The number of carbonyl (C=O) groups excluding carboxylic acids is 3. The number of imide groups is 1. The zero-order valence-electron chi connectivity index (χ0n) is 15.1. The minimum Gasteiger partial charge on any atom is -0.330 e. The van der Waals surface area contributed by atoms with Gasteiger partial charge in [0.15, 0.2) is 0 Å². The second kappa shape index (κ2) is 7.97. The highest BCUT2D eigenvalue weighted by molar-refractivity contribution is 6.05. The Morgan fingerprint density at radius 1 is 1.35 bits per heavy atom. The molecule has 3 rings (SSSR count). The Balaban J connectivity index is 1.64. The molecule has 2 unspecified atom stereocenters. The van der Waals surface area contributed by atoms with Gasteiger partial charge in [0.05, 0.1) is 0 Å². The fraction of sp³-hybridized carbons (Fsp3) is 0.526. The normalized spacial score (nSPS) is 20.9. The molecule has 0 aromatic heterocycles. The van der Waals surface area contributed by atoms with Crippen molar-refractivity contribution in [2.75, 3.05) is 6.54 Å². The predicted octanol–water partition coefficient (Wildman–Crippen LogP) is 0.665. The second-order valence-corrected chi connectivity index (χ2v) is 7.10. The molecule has 4 N–H and O–H groups in total. The summed E-state index contributed by atoms with van der Waals surface area (Å²) in [7, 11) is 0. The highest BCUT2D eigenvalue weighted by atomic mass is 16.2. The molecule has 0 radical (unpaired) electrons. The van der Waals surface area contributed by atoms with E-state index in [0.29, 0.717) is 31.1 Å². The molecule has 0 saturated carbocycles. The summed E-state index contributed by atoms with van der Waals surface area (Å²) in [5, 5.41) is 5.79. The Kier molecular flexibility index (Phi) is 5.68. The van der Waals surface area contributed by atoms with Crippen molar-refractivity contribution in [1.29, 1.82) is 0 Å². The molecular formula is C19H26N4O3. The van der Waals surface area contributed by atoms with Crippen molar-refractivity contribution >= 4 is 17.7 Å². The number of rotatable bonds is 7. The number of hydrogen-bond donors (Lipinski definition) is 3. The zero-order chi connectivity index (χ0) is 18.7. The third-order valence-corrected chi connectivity index (χ3v) is 5.08. The van der Waals surface area contributed by atoms with Gasteiger partial charge in [0, 0.05) is 31.1 Å². The molecule has 1 aromatic rings. The standard InChI is InChI=1S/C19H26N4O3/c1-12(3-2-8-20)21-10-13-4-5-15-14(9-13)11-23(19(15)26)16-6-7-17(24)22-18(16)25/h4-5,9,12,16,21H,2-3,6-8,10-11,20H2,1H3,(H,22,24,25). The van der Waals surface area contributed by atoms with Crippen LogP contribution in [0.2, 0.25) is 0 Å². The maximum absolute atomic E-state index is 12.7. The molecule has 0 spiro atoms. The molecule has 7 nitrogen and oxygen atoms in total. The van der Waals surface area contributed by atoms with Crippen molar-refractivity contribution in [2.24, 2.45) is 5.73 Å². The number of nitrogens with zero attached hydrogens (tertiary/aromatic N) is 1. The summed E-state index contributed by atoms with van der Waals surface area (Å²) in [5.74, 6) is -0.782. The minimum absolute atomic E-state index is 0.134. The van der Waals surface area contributed by atoms with Gasteiger partial charge < -0.3 is 16.0 Å². The fourth-order valence-corrected chi connectivity index (χ4v) is 3.56. The van der Waals surface area contributed by atoms with Gasteiger partial charge in [0.2, 0.25) is 11.8 Å². The summed E-state index contributed by atoms with van der Waals surface area (Å²) in [6.45, 7) is 3.98. The van der Waals surface area contributed by atoms with E-state index in [0.717, 1.165) is 30.5 Å². The van der Waals surface area contributed by atoms with Crippen LogP contribution in [0.3, 0.4) is 0 Å². The average Bonchev–Trinajstić information content (AvgIpc) is 2.94. The summed E-state index contributed by atoms with van der Waals surface area (Å²) in [5.41, 5.74) is 8.24. The Labute approximate surface area is 153 Å². The summed E-state index contributed by atoms with van der Waals surface area (Å²) >= 11 is 0. The van der Waals surface area contributed by atoms with Crippen LogP contribution in [0.4, 0.5) is 0 Å². The number of nitrogens with two attached hydrogens (primary N) is 1. The van der Waals surface area contributed by atoms with E-state index < -0.39 is 6.04 Å². The van der Waals surface area contributed by atoms with E-state index in [-0.39, 0.29) is 24.1 Å². The smallest absolute Gasteiger partial charge is 0.255 e. The molecule has 0 bridgehead atoms. The van der Waals surface area contributed by atoms with Crippen LogP contribution in [0.25, 0.3) is 0 Å². The molecule has 3 amide bonds. The number of amides is 3.